The predicted molar refractivity (Wildman–Crippen MR) is 62.3 cm³/mol. The minimum Gasteiger partial charge on any atom is -0.391 e. The topological polar surface area (TPSA) is 66.4 Å². The van der Waals surface area contributed by atoms with Crippen LogP contribution in [0.5, 0.6) is 0 Å². The highest BCUT2D eigenvalue weighted by molar-refractivity contribution is 7.89. The lowest BCUT2D eigenvalue weighted by molar-refractivity contribution is 0.129. The number of aliphatic hydroxyl groups excluding tert-OH is 1. The van der Waals surface area contributed by atoms with E-state index in [-0.39, 0.29) is 18.1 Å². The molecule has 0 saturated carbocycles. The number of hydrogen-bond donors (Lipinski definition) is 2. The largest absolute Gasteiger partial charge is 0.391 e. The van der Waals surface area contributed by atoms with Gasteiger partial charge in [-0.15, -0.1) is 0 Å². The number of aliphatic hydroxyl groups is 1. The van der Waals surface area contributed by atoms with E-state index in [4.69, 9.17) is 0 Å². The van der Waals surface area contributed by atoms with E-state index in [1.54, 1.807) is 13.8 Å². The summed E-state index contributed by atoms with van der Waals surface area (Å²) in [6, 6.07) is 0.549. The van der Waals surface area contributed by atoms with Gasteiger partial charge >= 0.3 is 0 Å². The van der Waals surface area contributed by atoms with Gasteiger partial charge in [-0.1, -0.05) is 13.8 Å². The standard InChI is InChI=1S/C11H14F3NO3S/c1-6(2)10(16)5-15-19(17,18)11-8(13)3-7(12)4-9(11)14/h3-4,6,10,15-16H,5H2,1-2H3. The second-order valence-corrected chi connectivity index (χ2v) is 6.07. The van der Waals surface area contributed by atoms with Crippen LogP contribution in [0.25, 0.3) is 0 Å². The summed E-state index contributed by atoms with van der Waals surface area (Å²) in [6.45, 7) is 2.91. The molecular formula is C11H14F3NO3S. The molecule has 0 heterocycles. The van der Waals surface area contributed by atoms with Crippen LogP contribution in [0.1, 0.15) is 13.8 Å². The third-order valence-electron chi connectivity index (χ3n) is 2.48. The van der Waals surface area contributed by atoms with Crippen molar-refractivity contribution in [2.75, 3.05) is 6.54 Å². The average molecular weight is 297 g/mol. The quantitative estimate of drug-likeness (QED) is 0.863. The lowest BCUT2D eigenvalue weighted by Crippen LogP contribution is -2.35. The number of hydrogen-bond acceptors (Lipinski definition) is 3. The molecule has 1 unspecified atom stereocenters. The van der Waals surface area contributed by atoms with Gasteiger partial charge in [0.15, 0.2) is 4.90 Å². The van der Waals surface area contributed by atoms with Gasteiger partial charge < -0.3 is 5.11 Å². The highest BCUT2D eigenvalue weighted by Gasteiger charge is 2.26. The van der Waals surface area contributed by atoms with E-state index < -0.39 is 45.0 Å². The summed E-state index contributed by atoms with van der Waals surface area (Å²) in [5, 5.41) is 9.44. The molecule has 2 N–H and O–H groups in total. The van der Waals surface area contributed by atoms with Crippen LogP contribution < -0.4 is 4.72 Å². The van der Waals surface area contributed by atoms with Crippen molar-refractivity contribution in [3.63, 3.8) is 0 Å². The average Bonchev–Trinajstić information content (AvgIpc) is 2.23. The van der Waals surface area contributed by atoms with E-state index >= 15 is 0 Å². The predicted octanol–water partition coefficient (Wildman–Crippen LogP) is 1.40. The third-order valence-corrected chi connectivity index (χ3v) is 3.96. The van der Waals surface area contributed by atoms with Crippen LogP contribution in [0, 0.1) is 23.4 Å². The zero-order chi connectivity index (χ0) is 14.8. The van der Waals surface area contributed by atoms with E-state index in [9.17, 15) is 26.7 Å². The Bertz CT molecular complexity index is 537. The number of halogens is 3. The van der Waals surface area contributed by atoms with Gasteiger partial charge in [0.2, 0.25) is 10.0 Å². The number of rotatable bonds is 5. The van der Waals surface area contributed by atoms with Crippen molar-refractivity contribution in [2.24, 2.45) is 5.92 Å². The molecule has 1 aromatic rings. The summed E-state index contributed by atoms with van der Waals surface area (Å²) in [5.41, 5.74) is 0. The van der Waals surface area contributed by atoms with Crippen molar-refractivity contribution >= 4 is 10.0 Å². The molecule has 1 atom stereocenters. The van der Waals surface area contributed by atoms with Gasteiger partial charge in [-0.3, -0.25) is 0 Å². The summed E-state index contributed by atoms with van der Waals surface area (Å²) in [4.78, 5) is -1.26. The van der Waals surface area contributed by atoms with Crippen molar-refractivity contribution in [3.05, 3.63) is 29.6 Å². The Kier molecular flexibility index (Phi) is 4.94. The molecule has 8 heteroatoms. The number of sulfonamides is 1. The Balaban J connectivity index is 3.02. The fourth-order valence-electron chi connectivity index (χ4n) is 1.29. The maximum Gasteiger partial charge on any atom is 0.246 e. The molecule has 1 rings (SSSR count). The van der Waals surface area contributed by atoms with E-state index in [1.807, 2.05) is 4.72 Å². The monoisotopic (exact) mass is 297 g/mol. The molecule has 0 aliphatic carbocycles. The molecule has 0 aliphatic heterocycles. The van der Waals surface area contributed by atoms with Crippen molar-refractivity contribution in [3.8, 4) is 0 Å². The first-order chi connectivity index (χ1) is 8.65. The van der Waals surface area contributed by atoms with Crippen LogP contribution in [0.15, 0.2) is 17.0 Å². The molecule has 0 bridgehead atoms. The summed E-state index contributed by atoms with van der Waals surface area (Å²) >= 11 is 0. The van der Waals surface area contributed by atoms with Crippen molar-refractivity contribution in [1.82, 2.24) is 4.72 Å². The van der Waals surface area contributed by atoms with Gasteiger partial charge in [0.05, 0.1) is 6.10 Å². The first kappa shape index (κ1) is 15.9. The van der Waals surface area contributed by atoms with E-state index in [0.717, 1.165) is 0 Å². The third kappa shape index (κ3) is 3.92. The number of benzene rings is 1. The molecule has 0 amide bonds. The van der Waals surface area contributed by atoms with E-state index in [0.29, 0.717) is 0 Å². The van der Waals surface area contributed by atoms with Gasteiger partial charge in [-0.05, 0) is 5.92 Å². The lowest BCUT2D eigenvalue weighted by atomic mass is 10.1. The first-order valence-corrected chi connectivity index (χ1v) is 6.95. The highest BCUT2D eigenvalue weighted by atomic mass is 32.2. The zero-order valence-electron chi connectivity index (χ0n) is 10.3. The van der Waals surface area contributed by atoms with Crippen LogP contribution in [0.3, 0.4) is 0 Å². The molecule has 0 saturated heterocycles. The Morgan fingerprint density at radius 2 is 1.68 bits per heavy atom. The number of nitrogens with one attached hydrogen (secondary N) is 1. The van der Waals surface area contributed by atoms with Gasteiger partial charge in [-0.25, -0.2) is 26.3 Å². The Labute approximate surface area is 109 Å². The lowest BCUT2D eigenvalue weighted by Gasteiger charge is -2.15. The highest BCUT2D eigenvalue weighted by Crippen LogP contribution is 2.20. The SMILES string of the molecule is CC(C)C(O)CNS(=O)(=O)c1c(F)cc(F)cc1F. The molecule has 0 aromatic heterocycles. The van der Waals surface area contributed by atoms with Gasteiger partial charge in [-0.2, -0.15) is 0 Å². The van der Waals surface area contributed by atoms with Crippen LogP contribution >= 0.6 is 0 Å². The fraction of sp³-hybridized carbons (Fsp3) is 0.455. The van der Waals surface area contributed by atoms with Crippen LogP contribution in [-0.2, 0) is 10.0 Å². The fourth-order valence-corrected chi connectivity index (χ4v) is 2.45. The zero-order valence-corrected chi connectivity index (χ0v) is 11.1. The van der Waals surface area contributed by atoms with E-state index in [1.165, 1.54) is 0 Å². The Hall–Kier alpha value is -1.12. The summed E-state index contributed by atoms with van der Waals surface area (Å²) in [5.74, 6) is -4.49. The van der Waals surface area contributed by atoms with Crippen molar-refractivity contribution in [2.45, 2.75) is 24.8 Å². The molecule has 0 radical (unpaired) electrons. The molecule has 0 fully saturated rings. The van der Waals surface area contributed by atoms with Crippen LogP contribution in [0.4, 0.5) is 13.2 Å². The summed E-state index contributed by atoms with van der Waals surface area (Å²) < 4.78 is 64.6. The Morgan fingerprint density at radius 1 is 1.21 bits per heavy atom. The smallest absolute Gasteiger partial charge is 0.246 e. The minimum atomic E-state index is -4.49. The molecular weight excluding hydrogens is 283 g/mol. The van der Waals surface area contributed by atoms with Crippen LogP contribution in [-0.4, -0.2) is 26.2 Å². The van der Waals surface area contributed by atoms with Gasteiger partial charge in [0.1, 0.15) is 17.5 Å². The summed E-state index contributed by atoms with van der Waals surface area (Å²) in [6.07, 6.45) is -0.999. The second kappa shape index (κ2) is 5.89. The first-order valence-electron chi connectivity index (χ1n) is 5.47. The molecule has 1 aromatic carbocycles. The molecule has 108 valence electrons. The normalized spacial score (nSPS) is 13.8. The molecule has 4 nitrogen and oxygen atoms in total. The maximum atomic E-state index is 13.3. The van der Waals surface area contributed by atoms with Gasteiger partial charge in [0.25, 0.3) is 0 Å². The minimum absolute atomic E-state index is 0.231. The maximum absolute atomic E-state index is 13.3. The molecule has 0 aliphatic rings. The second-order valence-electron chi connectivity index (χ2n) is 4.36. The van der Waals surface area contributed by atoms with Crippen molar-refractivity contribution in [1.29, 1.82) is 0 Å². The van der Waals surface area contributed by atoms with E-state index in [2.05, 4.69) is 0 Å². The summed E-state index contributed by atoms with van der Waals surface area (Å²) in [7, 11) is -4.49. The van der Waals surface area contributed by atoms with Gasteiger partial charge in [0, 0.05) is 18.7 Å². The Morgan fingerprint density at radius 3 is 2.11 bits per heavy atom. The van der Waals surface area contributed by atoms with Crippen molar-refractivity contribution < 1.29 is 26.7 Å². The molecule has 0 spiro atoms. The molecule has 19 heavy (non-hydrogen) atoms. The van der Waals surface area contributed by atoms with Crippen LogP contribution in [0.2, 0.25) is 0 Å².